The first kappa shape index (κ1) is 13.6. The topological polar surface area (TPSA) is 20.3 Å². The van der Waals surface area contributed by atoms with E-state index in [0.29, 0.717) is 11.2 Å². The molecular formula is C15H20BrNO. The lowest BCUT2D eigenvalue weighted by molar-refractivity contribution is -0.118. The standard InChI is InChI=1S/C15H20BrNO/c1-3-13(16)10-11-5-6-14-12(9-11)7-8-17(14)15(18)4-2/h5-6,9,13H,3-4,7-8,10H2,1-2H3. The van der Waals surface area contributed by atoms with Gasteiger partial charge in [0, 0.05) is 23.5 Å². The highest BCUT2D eigenvalue weighted by molar-refractivity contribution is 9.09. The lowest BCUT2D eigenvalue weighted by Gasteiger charge is -2.16. The highest BCUT2D eigenvalue weighted by Crippen LogP contribution is 2.30. The minimum Gasteiger partial charge on any atom is -0.312 e. The first-order valence-corrected chi connectivity index (χ1v) is 7.63. The van der Waals surface area contributed by atoms with Gasteiger partial charge in [0.1, 0.15) is 0 Å². The fourth-order valence-electron chi connectivity index (χ4n) is 2.43. The quantitative estimate of drug-likeness (QED) is 0.777. The molecule has 1 aromatic carbocycles. The van der Waals surface area contributed by atoms with Gasteiger partial charge in [-0.15, -0.1) is 0 Å². The molecule has 1 atom stereocenters. The van der Waals surface area contributed by atoms with Crippen LogP contribution >= 0.6 is 15.9 Å². The third kappa shape index (κ3) is 2.77. The Bertz CT molecular complexity index is 444. The Labute approximate surface area is 117 Å². The molecule has 2 rings (SSSR count). The second-order valence-corrected chi connectivity index (χ2v) is 6.12. The van der Waals surface area contributed by atoms with Crippen LogP contribution in [-0.4, -0.2) is 17.3 Å². The molecule has 0 N–H and O–H groups in total. The average molecular weight is 310 g/mol. The van der Waals surface area contributed by atoms with Crippen molar-refractivity contribution in [1.29, 1.82) is 0 Å². The number of alkyl halides is 1. The Hall–Kier alpha value is -0.830. The normalized spacial score (nSPS) is 15.6. The van der Waals surface area contributed by atoms with Crippen LogP contribution in [0.2, 0.25) is 0 Å². The van der Waals surface area contributed by atoms with Crippen molar-refractivity contribution >= 4 is 27.5 Å². The molecule has 1 aliphatic heterocycles. The van der Waals surface area contributed by atoms with E-state index in [9.17, 15) is 4.79 Å². The van der Waals surface area contributed by atoms with Crippen molar-refractivity contribution in [2.24, 2.45) is 0 Å². The molecule has 0 aromatic heterocycles. The molecule has 0 fully saturated rings. The zero-order valence-corrected chi connectivity index (χ0v) is 12.7. The highest BCUT2D eigenvalue weighted by Gasteiger charge is 2.23. The van der Waals surface area contributed by atoms with Crippen molar-refractivity contribution in [2.45, 2.75) is 44.4 Å². The van der Waals surface area contributed by atoms with Gasteiger partial charge in [-0.1, -0.05) is 41.9 Å². The first-order chi connectivity index (χ1) is 8.65. The van der Waals surface area contributed by atoms with Gasteiger partial charge in [0.15, 0.2) is 0 Å². The molecule has 18 heavy (non-hydrogen) atoms. The van der Waals surface area contributed by atoms with Crippen LogP contribution in [0, 0.1) is 0 Å². The number of anilines is 1. The molecule has 0 saturated carbocycles. The lowest BCUT2D eigenvalue weighted by atomic mass is 10.0. The summed E-state index contributed by atoms with van der Waals surface area (Å²) in [7, 11) is 0. The van der Waals surface area contributed by atoms with Gasteiger partial charge < -0.3 is 4.90 Å². The van der Waals surface area contributed by atoms with E-state index in [0.717, 1.165) is 31.5 Å². The third-order valence-electron chi connectivity index (χ3n) is 3.54. The van der Waals surface area contributed by atoms with Gasteiger partial charge in [-0.05, 0) is 36.5 Å². The van der Waals surface area contributed by atoms with E-state index in [4.69, 9.17) is 0 Å². The number of fused-ring (bicyclic) bond motifs is 1. The van der Waals surface area contributed by atoms with E-state index >= 15 is 0 Å². The summed E-state index contributed by atoms with van der Waals surface area (Å²) >= 11 is 3.68. The van der Waals surface area contributed by atoms with E-state index < -0.39 is 0 Å². The maximum atomic E-state index is 11.8. The SMILES string of the molecule is CCC(=O)N1CCc2cc(CC(Br)CC)ccc21. The first-order valence-electron chi connectivity index (χ1n) is 6.72. The molecule has 0 saturated heterocycles. The number of rotatable bonds is 4. The fourth-order valence-corrected chi connectivity index (χ4v) is 2.81. The molecule has 1 aromatic rings. The minimum absolute atomic E-state index is 0.230. The predicted molar refractivity (Wildman–Crippen MR) is 79.5 cm³/mol. The van der Waals surface area contributed by atoms with Crippen LogP contribution in [0.5, 0.6) is 0 Å². The molecule has 1 unspecified atom stereocenters. The summed E-state index contributed by atoms with van der Waals surface area (Å²) in [5, 5.41) is 0. The predicted octanol–water partition coefficient (Wildman–Crippen LogP) is 3.70. The molecule has 1 aliphatic rings. The Kier molecular flexibility index (Phi) is 4.44. The summed E-state index contributed by atoms with van der Waals surface area (Å²) in [4.78, 5) is 14.3. The Morgan fingerprint density at radius 3 is 2.89 bits per heavy atom. The van der Waals surface area contributed by atoms with Gasteiger partial charge in [-0.3, -0.25) is 4.79 Å². The van der Waals surface area contributed by atoms with E-state index in [2.05, 4.69) is 41.1 Å². The van der Waals surface area contributed by atoms with Crippen molar-refractivity contribution in [1.82, 2.24) is 0 Å². The molecule has 0 radical (unpaired) electrons. The van der Waals surface area contributed by atoms with Crippen LogP contribution in [-0.2, 0) is 17.6 Å². The number of carbonyl (C=O) groups is 1. The van der Waals surface area contributed by atoms with E-state index in [1.807, 2.05) is 11.8 Å². The van der Waals surface area contributed by atoms with Crippen molar-refractivity contribution < 1.29 is 4.79 Å². The third-order valence-corrected chi connectivity index (χ3v) is 4.51. The fraction of sp³-hybridized carbons (Fsp3) is 0.533. The van der Waals surface area contributed by atoms with Gasteiger partial charge >= 0.3 is 0 Å². The maximum Gasteiger partial charge on any atom is 0.226 e. The second-order valence-electron chi connectivity index (χ2n) is 4.82. The van der Waals surface area contributed by atoms with Gasteiger partial charge in [0.05, 0.1) is 0 Å². The average Bonchev–Trinajstić information content (AvgIpc) is 2.80. The summed E-state index contributed by atoms with van der Waals surface area (Å²) in [6, 6.07) is 6.53. The van der Waals surface area contributed by atoms with Gasteiger partial charge in [0.2, 0.25) is 5.91 Å². The van der Waals surface area contributed by atoms with Crippen molar-refractivity contribution in [2.75, 3.05) is 11.4 Å². The minimum atomic E-state index is 0.230. The molecule has 0 aliphatic carbocycles. The van der Waals surface area contributed by atoms with Crippen molar-refractivity contribution in [3.63, 3.8) is 0 Å². The van der Waals surface area contributed by atoms with Gasteiger partial charge in [0.25, 0.3) is 0 Å². The van der Waals surface area contributed by atoms with E-state index in [1.54, 1.807) is 0 Å². The van der Waals surface area contributed by atoms with Gasteiger partial charge in [-0.25, -0.2) is 0 Å². The lowest BCUT2D eigenvalue weighted by Crippen LogP contribution is -2.27. The monoisotopic (exact) mass is 309 g/mol. The van der Waals surface area contributed by atoms with E-state index in [-0.39, 0.29) is 5.91 Å². The molecule has 1 amide bonds. The molecule has 0 bridgehead atoms. The van der Waals surface area contributed by atoms with Crippen molar-refractivity contribution in [3.05, 3.63) is 29.3 Å². The summed E-state index contributed by atoms with van der Waals surface area (Å²) < 4.78 is 0. The summed E-state index contributed by atoms with van der Waals surface area (Å²) in [6.07, 6.45) is 3.78. The zero-order valence-electron chi connectivity index (χ0n) is 11.1. The van der Waals surface area contributed by atoms with Crippen LogP contribution < -0.4 is 4.90 Å². The van der Waals surface area contributed by atoms with Crippen LogP contribution in [0.15, 0.2) is 18.2 Å². The van der Waals surface area contributed by atoms with Crippen molar-refractivity contribution in [3.8, 4) is 0 Å². The molecule has 3 heteroatoms. The van der Waals surface area contributed by atoms with Gasteiger partial charge in [-0.2, -0.15) is 0 Å². The molecular weight excluding hydrogens is 290 g/mol. The Balaban J connectivity index is 2.17. The number of hydrogen-bond donors (Lipinski definition) is 0. The summed E-state index contributed by atoms with van der Waals surface area (Å²) in [6.45, 7) is 4.96. The van der Waals surface area contributed by atoms with Crippen LogP contribution in [0.4, 0.5) is 5.69 Å². The molecule has 0 spiro atoms. The largest absolute Gasteiger partial charge is 0.312 e. The Morgan fingerprint density at radius 2 is 2.22 bits per heavy atom. The Morgan fingerprint density at radius 1 is 1.44 bits per heavy atom. The maximum absolute atomic E-state index is 11.8. The highest BCUT2D eigenvalue weighted by atomic mass is 79.9. The smallest absolute Gasteiger partial charge is 0.226 e. The molecule has 1 heterocycles. The van der Waals surface area contributed by atoms with Crippen LogP contribution in [0.25, 0.3) is 0 Å². The van der Waals surface area contributed by atoms with E-state index in [1.165, 1.54) is 11.1 Å². The number of amides is 1. The summed E-state index contributed by atoms with van der Waals surface area (Å²) in [5.74, 6) is 0.230. The van der Waals surface area contributed by atoms with Crippen LogP contribution in [0.3, 0.4) is 0 Å². The number of halogens is 1. The van der Waals surface area contributed by atoms with Crippen LogP contribution in [0.1, 0.15) is 37.8 Å². The number of nitrogens with zero attached hydrogens (tertiary/aromatic N) is 1. The zero-order chi connectivity index (χ0) is 13.1. The number of benzene rings is 1. The summed E-state index contributed by atoms with van der Waals surface area (Å²) in [5.41, 5.74) is 3.81. The second kappa shape index (κ2) is 5.87. The molecule has 98 valence electrons. The number of carbonyl (C=O) groups excluding carboxylic acids is 1. The molecule has 2 nitrogen and oxygen atoms in total. The number of hydrogen-bond acceptors (Lipinski definition) is 1.